The number of amides is 4. The molecular weight excluding hydrogens is 1550 g/mol. The van der Waals surface area contributed by atoms with Crippen LogP contribution < -0.4 is 54.5 Å². The smallest absolute Gasteiger partial charge is 0.326 e. The lowest BCUT2D eigenvalue weighted by Gasteiger charge is -2.58. The lowest BCUT2D eigenvalue weighted by Crippen LogP contribution is -2.51. The third kappa shape index (κ3) is 26.6. The van der Waals surface area contributed by atoms with Crippen molar-refractivity contribution in [1.82, 2.24) is 61.1 Å². The number of aromatic nitrogens is 8. The number of ether oxygens (including phenoxy) is 1. The molecule has 2 aromatic carbocycles. The number of anilines is 4. The van der Waals surface area contributed by atoms with E-state index in [0.717, 1.165) is 60.5 Å². The van der Waals surface area contributed by atoms with Gasteiger partial charge in [0.25, 0.3) is 22.9 Å². The molecule has 13 atom stereocenters. The monoisotopic (exact) mass is 1680 g/mol. The summed E-state index contributed by atoms with van der Waals surface area (Å²) in [5, 5.41) is 36.0. The van der Waals surface area contributed by atoms with E-state index in [1.54, 1.807) is 81.8 Å². The predicted octanol–water partition coefficient (Wildman–Crippen LogP) is 14.9. The average molecular weight is 1680 g/mol. The van der Waals surface area contributed by atoms with Gasteiger partial charge in [0, 0.05) is 70.5 Å². The van der Waals surface area contributed by atoms with Crippen LogP contribution in [-0.4, -0.2) is 145 Å². The molecule has 5 unspecified atom stereocenters. The van der Waals surface area contributed by atoms with Crippen LogP contribution in [0, 0.1) is 64.1 Å². The summed E-state index contributed by atoms with van der Waals surface area (Å²) in [6.45, 7) is 28.4. The zero-order valence-electron chi connectivity index (χ0n) is 70.3. The van der Waals surface area contributed by atoms with Gasteiger partial charge in [-0.2, -0.15) is 21.7 Å². The van der Waals surface area contributed by atoms with Gasteiger partial charge in [-0.25, -0.2) is 29.5 Å². The number of Topliss-reactive ketones (excluding diaryl/α,β-unsaturated/α-hetero) is 3. The fourth-order valence-electron chi connectivity index (χ4n) is 18.0. The molecule has 4 amide bonds. The Hall–Kier alpha value is -9.71. The summed E-state index contributed by atoms with van der Waals surface area (Å²) in [6.07, 6.45) is 25.7. The van der Waals surface area contributed by atoms with Gasteiger partial charge >= 0.3 is 18.0 Å². The van der Waals surface area contributed by atoms with E-state index in [-0.39, 0.29) is 136 Å². The first-order valence-corrected chi connectivity index (χ1v) is 42.9. The van der Waals surface area contributed by atoms with E-state index < -0.39 is 47.0 Å². The number of ketones is 3. The molecule has 12 rings (SSSR count). The van der Waals surface area contributed by atoms with Crippen LogP contribution in [-0.2, 0) is 41.8 Å². The standard InChI is InChI=1S/C30H52O.2C22H25N7O5.C13H22N2O2S.3CH4/c1-20(2)9-8-10-22(5)26-13-14-27-25-12-11-23-19-24(31-21(3)4)15-17-29(23,6)28(25)16-18-30(26,27)7;1-11(2)18(32)15(7-8-16(30)31)27-20(33)12-3-5-13(6-4-12)24-9-14-10-25-19-17(26-14)21(34)29-22(23)28-19;1-11(2)16(30)8-7-15(21(33)34)27-19(31)12-3-5-13(6-4-12)24-9-14-10-25-18-17(26-14)20(32)29-22(23)28-18;1-8(2)10(16)5-3-4-6-11-12-9(7-18-11)14-13(17)15-12;;;/h11,20-22,24-28H,8-10,12-19H2,1-7H3;3-6,10-11,15,24H,7-9H2,1-2H3,(H,27,33)(H,30,31)(H3,23,25,28,29,34);3-6,10-11,15,24H,7-9H2,1-2H3,(H,27,31)(H,33,34)(H3,23,25,28,29,32);8-9,11-12H,3-7H2,1-2H3,(H2,14,15,17);3*1H4/t22-,24+,25+,26-,27+,28+,29+,30-;;;;;;/m1....../s1. The first kappa shape index (κ1) is 99.1. The number of nitrogen functional groups attached to an aromatic ring is 2. The maximum absolute atomic E-state index is 12.6. The van der Waals surface area contributed by atoms with Gasteiger partial charge in [0.15, 0.2) is 28.1 Å². The number of aliphatic carboxylic acids is 2. The average Bonchev–Trinajstić information content (AvgIpc) is 1.45. The number of H-pyrrole nitrogens is 2. The number of rotatable bonds is 33. The number of carboxylic acids is 2. The molecule has 29 nitrogen and oxygen atoms in total. The Kier molecular flexibility index (Phi) is 37.4. The Bertz CT molecular complexity index is 4610. The van der Waals surface area contributed by atoms with Crippen molar-refractivity contribution >= 4 is 104 Å². The highest BCUT2D eigenvalue weighted by molar-refractivity contribution is 8.00. The number of hydrogen-bond donors (Lipinski definition) is 12. The van der Waals surface area contributed by atoms with Crippen LogP contribution in [0.5, 0.6) is 0 Å². The third-order valence-corrected chi connectivity index (χ3v) is 26.0. The Balaban J connectivity index is 0.000000251. The SMILES string of the molecule is C.C.C.CC(C)C(=O)C(CCC(=O)O)NC(=O)c1ccc(NCc2cnc3nc(N)[nH]c(=O)c3n2)cc1.CC(C)C(=O)CCC(NC(=O)c1ccc(NCc2cnc3nc(N)[nH]c(=O)c3n2)cc1)C(=O)O.CC(C)C(=O)CCCCC1SCC2NC(=O)NC21.CC(C)CCC[C@@H](C)[C@H]1CC[C@H]2[C@@H]3CC=C4C[C@@H](OC(C)C)CC[C@]4(C)[C@H]3CC[C@]12C. The van der Waals surface area contributed by atoms with E-state index >= 15 is 0 Å². The number of carboxylic acid groups (broad SMARTS) is 2. The second kappa shape index (κ2) is 45.3. The van der Waals surface area contributed by atoms with Gasteiger partial charge in [-0.1, -0.05) is 136 Å². The molecule has 660 valence electrons. The lowest BCUT2D eigenvalue weighted by atomic mass is 9.47. The van der Waals surface area contributed by atoms with Crippen molar-refractivity contribution < 1.29 is 53.3 Å². The molecule has 4 aromatic heterocycles. The predicted molar refractivity (Wildman–Crippen MR) is 475 cm³/mol. The molecule has 6 aromatic rings. The van der Waals surface area contributed by atoms with Crippen LogP contribution in [0.15, 0.2) is 82.2 Å². The lowest BCUT2D eigenvalue weighted by molar-refractivity contribution is -0.140. The van der Waals surface area contributed by atoms with E-state index in [0.29, 0.717) is 80.9 Å². The summed E-state index contributed by atoms with van der Waals surface area (Å²) >= 11 is 1.94. The zero-order chi connectivity index (χ0) is 85.2. The molecule has 120 heavy (non-hydrogen) atoms. The number of unbranched alkanes of at least 4 members (excludes halogenated alkanes) is 1. The minimum Gasteiger partial charge on any atom is -0.481 e. The zero-order valence-corrected chi connectivity index (χ0v) is 71.1. The number of nitrogens with two attached hydrogens (primary N) is 2. The molecule has 3 saturated carbocycles. The van der Waals surface area contributed by atoms with Crippen molar-refractivity contribution in [3.05, 3.63) is 116 Å². The van der Waals surface area contributed by atoms with Crippen LogP contribution in [0.1, 0.15) is 266 Å². The number of nitrogens with one attached hydrogen (secondary N) is 8. The first-order valence-electron chi connectivity index (χ1n) is 41.9. The number of urea groups is 1. The number of nitrogens with zero attached hydrogens (tertiary/aromatic N) is 6. The molecular formula is C90H136N16O13S. The molecule has 0 spiro atoms. The van der Waals surface area contributed by atoms with E-state index in [9.17, 15) is 53.1 Å². The summed E-state index contributed by atoms with van der Waals surface area (Å²) < 4.78 is 6.25. The molecule has 0 radical (unpaired) electrons. The van der Waals surface area contributed by atoms with Crippen molar-refractivity contribution in [2.24, 2.45) is 64.1 Å². The first-order chi connectivity index (χ1) is 55.5. The van der Waals surface area contributed by atoms with E-state index in [1.165, 1.54) is 83.0 Å². The second-order valence-corrected chi connectivity index (χ2v) is 36.0. The van der Waals surface area contributed by atoms with Crippen LogP contribution >= 0.6 is 11.8 Å². The Morgan fingerprint density at radius 3 is 1.67 bits per heavy atom. The number of carbonyl (C=O) groups excluding carboxylic acids is 6. The molecule has 5 fully saturated rings. The Morgan fingerprint density at radius 1 is 0.608 bits per heavy atom. The van der Waals surface area contributed by atoms with Gasteiger partial charge in [-0.05, 0) is 186 Å². The number of carbonyl (C=O) groups is 8. The van der Waals surface area contributed by atoms with Crippen molar-refractivity contribution in [1.29, 1.82) is 0 Å². The quantitative estimate of drug-likeness (QED) is 0.0103. The molecule has 2 saturated heterocycles. The van der Waals surface area contributed by atoms with E-state index in [1.807, 2.05) is 25.6 Å². The van der Waals surface area contributed by atoms with Crippen molar-refractivity contribution in [3.63, 3.8) is 0 Å². The number of hydrogen-bond acceptors (Lipinski definition) is 22. The third-order valence-electron chi connectivity index (χ3n) is 24.5. The van der Waals surface area contributed by atoms with Gasteiger partial charge in [0.05, 0.1) is 67.2 Å². The number of benzene rings is 2. The van der Waals surface area contributed by atoms with Gasteiger partial charge < -0.3 is 58.3 Å². The molecule has 6 heterocycles. The second-order valence-electron chi connectivity index (χ2n) is 34.7. The van der Waals surface area contributed by atoms with Crippen LogP contribution in [0.2, 0.25) is 0 Å². The van der Waals surface area contributed by atoms with Crippen LogP contribution in [0.3, 0.4) is 0 Å². The molecule has 14 N–H and O–H groups in total. The van der Waals surface area contributed by atoms with Gasteiger partial charge in [-0.15, -0.1) is 0 Å². The van der Waals surface area contributed by atoms with Gasteiger partial charge in [-0.3, -0.25) is 48.3 Å². The minimum absolute atomic E-state index is 0. The highest BCUT2D eigenvalue weighted by atomic mass is 32.2. The topological polar surface area (TPSA) is 454 Å². The molecule has 2 aliphatic heterocycles. The molecule has 6 aliphatic rings. The largest absolute Gasteiger partial charge is 0.481 e. The maximum atomic E-state index is 12.6. The normalized spacial score (nSPS) is 22.4. The van der Waals surface area contributed by atoms with Crippen molar-refractivity contribution in [2.75, 3.05) is 27.9 Å². The highest BCUT2D eigenvalue weighted by Gasteiger charge is 2.59. The summed E-state index contributed by atoms with van der Waals surface area (Å²) in [5.74, 6) is 2.99. The van der Waals surface area contributed by atoms with Gasteiger partial charge in [0.2, 0.25) is 11.9 Å². The minimum atomic E-state index is -1.20. The maximum Gasteiger partial charge on any atom is 0.326 e. The molecule has 0 bridgehead atoms. The van der Waals surface area contributed by atoms with E-state index in [2.05, 4.69) is 126 Å². The summed E-state index contributed by atoms with van der Waals surface area (Å²) in [5.41, 5.74) is 16.2. The molecule has 30 heteroatoms. The number of allylic oxidation sites excluding steroid dienone is 1. The summed E-state index contributed by atoms with van der Waals surface area (Å²) in [6, 6.07) is 11.4. The summed E-state index contributed by atoms with van der Waals surface area (Å²) in [7, 11) is 0. The Labute approximate surface area is 712 Å². The number of aromatic amines is 2. The van der Waals surface area contributed by atoms with E-state index in [4.69, 9.17) is 21.3 Å². The Morgan fingerprint density at radius 2 is 1.15 bits per heavy atom. The van der Waals surface area contributed by atoms with Gasteiger partial charge in [0.1, 0.15) is 17.6 Å². The number of fused-ring (bicyclic) bond motifs is 8. The van der Waals surface area contributed by atoms with Crippen LogP contribution in [0.25, 0.3) is 22.3 Å². The number of thioether (sulfide) groups is 1. The van der Waals surface area contributed by atoms with Crippen molar-refractivity contribution in [2.45, 2.75) is 289 Å². The fourth-order valence-corrected chi connectivity index (χ4v) is 19.5. The highest BCUT2D eigenvalue weighted by Crippen LogP contribution is 2.67. The van der Waals surface area contributed by atoms with Crippen molar-refractivity contribution in [3.8, 4) is 0 Å². The summed E-state index contributed by atoms with van der Waals surface area (Å²) in [4.78, 5) is 147. The molecule has 4 aliphatic carbocycles. The van der Waals surface area contributed by atoms with Crippen LogP contribution in [0.4, 0.5) is 28.1 Å². The fraction of sp³-hybridized carbons (Fsp3) is 0.622.